The molecular formula is C20H34ClN3O6S. The number of aromatic nitrogens is 2. The van der Waals surface area contributed by atoms with Crippen molar-refractivity contribution in [2.24, 2.45) is 10.8 Å². The number of rotatable bonds is 11. The smallest absolute Gasteiger partial charge is 0.236 e. The van der Waals surface area contributed by atoms with Crippen molar-refractivity contribution in [1.82, 2.24) is 9.36 Å². The highest BCUT2D eigenvalue weighted by Crippen LogP contribution is 2.39. The summed E-state index contributed by atoms with van der Waals surface area (Å²) < 4.78 is 27.4. The summed E-state index contributed by atoms with van der Waals surface area (Å²) in [7, 11) is 0. The van der Waals surface area contributed by atoms with Gasteiger partial charge in [-0.3, -0.25) is 0 Å². The van der Waals surface area contributed by atoms with E-state index in [1.807, 2.05) is 0 Å². The van der Waals surface area contributed by atoms with Crippen molar-refractivity contribution in [3.05, 3.63) is 5.28 Å². The van der Waals surface area contributed by atoms with Crippen LogP contribution in [0.2, 0.25) is 5.28 Å². The first-order valence-electron chi connectivity index (χ1n) is 10.5. The number of hydrogen-bond donors (Lipinski definition) is 3. The van der Waals surface area contributed by atoms with Gasteiger partial charge in [0.25, 0.3) is 0 Å². The molecule has 0 radical (unpaired) electrons. The number of aliphatic hydroxyl groups excluding tert-OH is 2. The van der Waals surface area contributed by atoms with Crippen LogP contribution >= 0.6 is 23.1 Å². The molecule has 0 aromatic carbocycles. The molecule has 2 aliphatic rings. The molecule has 3 heterocycles. The average molecular weight is 480 g/mol. The molecule has 178 valence electrons. The maximum Gasteiger partial charge on any atom is 0.236 e. The van der Waals surface area contributed by atoms with Crippen LogP contribution in [0.25, 0.3) is 0 Å². The fraction of sp³-hybridized carbons (Fsp3) is 0.900. The maximum atomic E-state index is 10.8. The number of aliphatic hydroxyl groups is 2. The van der Waals surface area contributed by atoms with Crippen molar-refractivity contribution in [3.8, 4) is 0 Å². The SMILES string of the molecule is CCC(C)(C)COCC(C)(C)COC[C@@]12CO[C@@H](O1)[C@H](Nc1nc(Cl)ns1)[C@@H](O)[C@H]2O. The van der Waals surface area contributed by atoms with Crippen LogP contribution in [-0.2, 0) is 18.9 Å². The molecule has 2 aliphatic heterocycles. The molecule has 11 heteroatoms. The van der Waals surface area contributed by atoms with Crippen LogP contribution in [0.1, 0.15) is 41.0 Å². The van der Waals surface area contributed by atoms with E-state index in [1.54, 1.807) is 0 Å². The normalized spacial score (nSPS) is 31.2. The highest BCUT2D eigenvalue weighted by Gasteiger charge is 2.59. The maximum absolute atomic E-state index is 10.8. The Kier molecular flexibility index (Phi) is 7.85. The lowest BCUT2D eigenvalue weighted by atomic mass is 9.88. The summed E-state index contributed by atoms with van der Waals surface area (Å²) in [5.41, 5.74) is -1.19. The lowest BCUT2D eigenvalue weighted by Crippen LogP contribution is -2.64. The number of hydrogen-bond acceptors (Lipinski definition) is 10. The quantitative estimate of drug-likeness (QED) is 0.439. The third-order valence-corrected chi connectivity index (χ3v) is 6.76. The van der Waals surface area contributed by atoms with Crippen molar-refractivity contribution in [2.75, 3.05) is 38.4 Å². The molecular weight excluding hydrogens is 446 g/mol. The minimum Gasteiger partial charge on any atom is -0.388 e. The monoisotopic (exact) mass is 479 g/mol. The van der Waals surface area contributed by atoms with Gasteiger partial charge in [-0.2, -0.15) is 9.36 Å². The van der Waals surface area contributed by atoms with E-state index < -0.39 is 30.1 Å². The van der Waals surface area contributed by atoms with Gasteiger partial charge in [0.2, 0.25) is 10.4 Å². The first-order chi connectivity index (χ1) is 14.5. The third-order valence-electron chi connectivity index (χ3n) is 5.84. The lowest BCUT2D eigenvalue weighted by Gasteiger charge is -2.43. The molecule has 2 saturated heterocycles. The van der Waals surface area contributed by atoms with Crippen LogP contribution in [-0.4, -0.2) is 82.7 Å². The van der Waals surface area contributed by atoms with Gasteiger partial charge in [-0.15, -0.1) is 0 Å². The Morgan fingerprint density at radius 3 is 2.52 bits per heavy atom. The second-order valence-corrected chi connectivity index (χ2v) is 11.1. The third kappa shape index (κ3) is 6.05. The van der Waals surface area contributed by atoms with Gasteiger partial charge in [0.15, 0.2) is 6.29 Å². The van der Waals surface area contributed by atoms with E-state index in [2.05, 4.69) is 49.3 Å². The van der Waals surface area contributed by atoms with Crippen molar-refractivity contribution in [1.29, 1.82) is 0 Å². The van der Waals surface area contributed by atoms with Crippen molar-refractivity contribution in [2.45, 2.75) is 71.2 Å². The van der Waals surface area contributed by atoms with E-state index in [9.17, 15) is 10.2 Å². The summed E-state index contributed by atoms with van der Waals surface area (Å²) >= 11 is 6.80. The Morgan fingerprint density at radius 1 is 1.19 bits per heavy atom. The van der Waals surface area contributed by atoms with Gasteiger partial charge in [0.05, 0.1) is 33.0 Å². The molecule has 2 fully saturated rings. The molecule has 1 aromatic rings. The number of fused-ring (bicyclic) bond motifs is 2. The Bertz CT molecular complexity index is 736. The number of anilines is 1. The van der Waals surface area contributed by atoms with Crippen LogP contribution in [0.15, 0.2) is 0 Å². The van der Waals surface area contributed by atoms with E-state index in [0.29, 0.717) is 25.0 Å². The predicted molar refractivity (Wildman–Crippen MR) is 117 cm³/mol. The summed E-state index contributed by atoms with van der Waals surface area (Å²) in [6.45, 7) is 12.5. The second kappa shape index (κ2) is 9.72. The summed E-state index contributed by atoms with van der Waals surface area (Å²) in [5, 5.41) is 25.0. The molecule has 0 amide bonds. The van der Waals surface area contributed by atoms with Crippen molar-refractivity contribution < 1.29 is 29.2 Å². The van der Waals surface area contributed by atoms with Crippen LogP contribution in [0.4, 0.5) is 5.13 Å². The summed E-state index contributed by atoms with van der Waals surface area (Å²) in [4.78, 5) is 4.01. The summed E-state index contributed by atoms with van der Waals surface area (Å²) in [6.07, 6.45) is -2.04. The first-order valence-corrected chi connectivity index (χ1v) is 11.7. The van der Waals surface area contributed by atoms with Crippen molar-refractivity contribution in [3.63, 3.8) is 0 Å². The number of halogens is 1. The fourth-order valence-corrected chi connectivity index (χ4v) is 4.25. The van der Waals surface area contributed by atoms with Gasteiger partial charge in [0, 0.05) is 16.9 Å². The molecule has 0 unspecified atom stereocenters. The molecule has 2 bridgehead atoms. The van der Waals surface area contributed by atoms with Gasteiger partial charge < -0.3 is 34.5 Å². The number of ether oxygens (including phenoxy) is 4. The zero-order valence-corrected chi connectivity index (χ0v) is 20.3. The Morgan fingerprint density at radius 2 is 1.87 bits per heavy atom. The van der Waals surface area contributed by atoms with E-state index in [-0.39, 0.29) is 29.3 Å². The standard InChI is InChI=1S/C20H34ClN3O6S/c1-6-18(2,3)7-27-8-19(4,5)9-28-10-20-11-29-15(30-20)12(13(25)14(20)26)22-17-23-16(21)24-31-17/h12-15,25-26H,6-11H2,1-5H3,(H,22,23,24)/t12-,13-,14-,15+,20+/m1/s1. The van der Waals surface area contributed by atoms with Gasteiger partial charge in [-0.25, -0.2) is 0 Å². The highest BCUT2D eigenvalue weighted by atomic mass is 35.5. The molecule has 1 aromatic heterocycles. The molecule has 0 saturated carbocycles. The van der Waals surface area contributed by atoms with Gasteiger partial charge in [0.1, 0.15) is 23.9 Å². The largest absolute Gasteiger partial charge is 0.388 e. The Hall–Kier alpha value is -0.590. The van der Waals surface area contributed by atoms with Crippen LogP contribution in [0, 0.1) is 10.8 Å². The average Bonchev–Trinajstić information content (AvgIpc) is 3.29. The Labute approximate surface area is 192 Å². The molecule has 9 nitrogen and oxygen atoms in total. The lowest BCUT2D eigenvalue weighted by molar-refractivity contribution is -0.231. The molecule has 0 spiro atoms. The highest BCUT2D eigenvalue weighted by molar-refractivity contribution is 7.09. The molecule has 3 rings (SSSR count). The van der Waals surface area contributed by atoms with E-state index >= 15 is 0 Å². The van der Waals surface area contributed by atoms with Gasteiger partial charge >= 0.3 is 0 Å². The Balaban J connectivity index is 1.51. The zero-order chi connectivity index (χ0) is 22.9. The first kappa shape index (κ1) is 25.0. The van der Waals surface area contributed by atoms with Gasteiger partial charge in [-0.05, 0) is 23.4 Å². The molecule has 5 atom stereocenters. The number of nitrogens with zero attached hydrogens (tertiary/aromatic N) is 2. The fourth-order valence-electron chi connectivity index (χ4n) is 3.49. The van der Waals surface area contributed by atoms with Gasteiger partial charge in [-0.1, -0.05) is 34.6 Å². The minimum atomic E-state index is -1.20. The zero-order valence-electron chi connectivity index (χ0n) is 18.8. The molecule has 0 aliphatic carbocycles. The van der Waals surface area contributed by atoms with Crippen LogP contribution < -0.4 is 5.32 Å². The van der Waals surface area contributed by atoms with Crippen LogP contribution in [0.3, 0.4) is 0 Å². The predicted octanol–water partition coefficient (Wildman–Crippen LogP) is 2.31. The van der Waals surface area contributed by atoms with Crippen LogP contribution in [0.5, 0.6) is 0 Å². The molecule has 3 N–H and O–H groups in total. The topological polar surface area (TPSA) is 115 Å². The van der Waals surface area contributed by atoms with E-state index in [4.69, 9.17) is 30.5 Å². The second-order valence-electron chi connectivity index (χ2n) is 10.0. The summed E-state index contributed by atoms with van der Waals surface area (Å²) in [5.74, 6) is 0. The van der Waals surface area contributed by atoms with E-state index in [1.165, 1.54) is 0 Å². The summed E-state index contributed by atoms with van der Waals surface area (Å²) in [6, 6.07) is -0.707. The van der Waals surface area contributed by atoms with Crippen molar-refractivity contribution >= 4 is 28.3 Å². The molecule has 31 heavy (non-hydrogen) atoms. The van der Waals surface area contributed by atoms with E-state index in [0.717, 1.165) is 18.0 Å². The number of nitrogens with one attached hydrogen (secondary N) is 1. The minimum absolute atomic E-state index is 0.100.